The summed E-state index contributed by atoms with van der Waals surface area (Å²) in [4.78, 5) is 30.6. The van der Waals surface area contributed by atoms with Gasteiger partial charge in [0.1, 0.15) is 5.82 Å². The number of hydrogen-bond donors (Lipinski definition) is 2. The van der Waals surface area contributed by atoms with E-state index in [4.69, 9.17) is 0 Å². The molecule has 0 aliphatic heterocycles. The minimum atomic E-state index is -0.438. The van der Waals surface area contributed by atoms with E-state index in [1.807, 2.05) is 13.8 Å². The lowest BCUT2D eigenvalue weighted by Gasteiger charge is -2.15. The topological polar surface area (TPSA) is 92.2 Å². The number of urea groups is 1. The number of aryl methyl sites for hydroxylation is 1. The summed E-state index contributed by atoms with van der Waals surface area (Å²) in [5, 5.41) is 11.7. The Hall–Kier alpha value is -3.27. The highest BCUT2D eigenvalue weighted by atomic mass is 32.1. The molecule has 0 bridgehead atoms. The number of rotatable bonds is 7. The van der Waals surface area contributed by atoms with Crippen molar-refractivity contribution >= 4 is 28.4 Å². The molecular formula is C20H23FN6O2S. The van der Waals surface area contributed by atoms with Gasteiger partial charge >= 0.3 is 6.03 Å². The van der Waals surface area contributed by atoms with Gasteiger partial charge in [-0.3, -0.25) is 14.8 Å². The zero-order chi connectivity index (χ0) is 21.7. The predicted octanol–water partition coefficient (Wildman–Crippen LogP) is 3.40. The van der Waals surface area contributed by atoms with Crippen molar-refractivity contribution in [1.82, 2.24) is 25.0 Å². The van der Waals surface area contributed by atoms with Crippen LogP contribution in [0.2, 0.25) is 0 Å². The van der Waals surface area contributed by atoms with Gasteiger partial charge in [0.15, 0.2) is 5.13 Å². The number of benzene rings is 1. The number of halogens is 1. The molecule has 30 heavy (non-hydrogen) atoms. The minimum absolute atomic E-state index is 0.137. The highest BCUT2D eigenvalue weighted by Crippen LogP contribution is 2.18. The van der Waals surface area contributed by atoms with Gasteiger partial charge < -0.3 is 10.2 Å². The summed E-state index contributed by atoms with van der Waals surface area (Å²) in [6.45, 7) is 5.04. The van der Waals surface area contributed by atoms with Crippen LogP contribution in [-0.2, 0) is 19.6 Å². The van der Waals surface area contributed by atoms with Gasteiger partial charge in [-0.05, 0) is 31.5 Å². The van der Waals surface area contributed by atoms with Crippen LogP contribution in [0.3, 0.4) is 0 Å². The van der Waals surface area contributed by atoms with Crippen LogP contribution in [0.15, 0.2) is 35.8 Å². The normalized spacial score (nSPS) is 10.7. The molecule has 1 aromatic carbocycles. The van der Waals surface area contributed by atoms with E-state index < -0.39 is 6.03 Å². The molecule has 2 heterocycles. The van der Waals surface area contributed by atoms with E-state index in [1.165, 1.54) is 23.5 Å². The van der Waals surface area contributed by atoms with Crippen LogP contribution in [0, 0.1) is 12.7 Å². The van der Waals surface area contributed by atoms with Crippen LogP contribution in [0.25, 0.3) is 0 Å². The van der Waals surface area contributed by atoms with Crippen molar-refractivity contribution in [3.8, 4) is 0 Å². The number of amides is 3. The predicted molar refractivity (Wildman–Crippen MR) is 113 cm³/mol. The maximum absolute atomic E-state index is 13.2. The van der Waals surface area contributed by atoms with Crippen LogP contribution in [0.5, 0.6) is 0 Å². The van der Waals surface area contributed by atoms with Crippen LogP contribution in [0.4, 0.5) is 14.3 Å². The number of carbonyl (C=O) groups is 2. The lowest BCUT2D eigenvalue weighted by atomic mass is 10.2. The zero-order valence-corrected chi connectivity index (χ0v) is 17.8. The van der Waals surface area contributed by atoms with Crippen molar-refractivity contribution in [2.45, 2.75) is 33.5 Å². The molecule has 0 fully saturated rings. The monoisotopic (exact) mass is 430 g/mol. The van der Waals surface area contributed by atoms with Crippen LogP contribution >= 0.6 is 11.3 Å². The summed E-state index contributed by atoms with van der Waals surface area (Å²) in [6.07, 6.45) is 1.58. The summed E-state index contributed by atoms with van der Waals surface area (Å²) >= 11 is 1.26. The Morgan fingerprint density at radius 3 is 2.83 bits per heavy atom. The third kappa shape index (κ3) is 5.20. The first-order chi connectivity index (χ1) is 14.4. The first-order valence-electron chi connectivity index (χ1n) is 9.39. The highest BCUT2D eigenvalue weighted by molar-refractivity contribution is 7.13. The third-order valence-electron chi connectivity index (χ3n) is 4.49. The second-order valence-electron chi connectivity index (χ2n) is 6.70. The van der Waals surface area contributed by atoms with Gasteiger partial charge in [-0.25, -0.2) is 14.2 Å². The van der Waals surface area contributed by atoms with Gasteiger partial charge in [-0.2, -0.15) is 5.10 Å². The van der Waals surface area contributed by atoms with E-state index >= 15 is 0 Å². The van der Waals surface area contributed by atoms with Crippen LogP contribution < -0.4 is 10.6 Å². The average Bonchev–Trinajstić information content (AvgIpc) is 3.31. The molecule has 0 atom stereocenters. The van der Waals surface area contributed by atoms with E-state index in [1.54, 1.807) is 40.3 Å². The lowest BCUT2D eigenvalue weighted by Crippen LogP contribution is -2.28. The second-order valence-corrected chi connectivity index (χ2v) is 7.56. The summed E-state index contributed by atoms with van der Waals surface area (Å²) < 4.78 is 15.0. The van der Waals surface area contributed by atoms with Crippen molar-refractivity contribution in [1.29, 1.82) is 0 Å². The van der Waals surface area contributed by atoms with E-state index in [2.05, 4.69) is 20.7 Å². The van der Waals surface area contributed by atoms with Crippen molar-refractivity contribution in [2.75, 3.05) is 12.4 Å². The Morgan fingerprint density at radius 2 is 2.13 bits per heavy atom. The number of nitrogens with zero attached hydrogens (tertiary/aromatic N) is 4. The molecule has 0 aliphatic carbocycles. The molecule has 0 saturated heterocycles. The molecule has 3 aromatic rings. The number of aromatic nitrogens is 3. The zero-order valence-electron chi connectivity index (χ0n) is 17.0. The summed E-state index contributed by atoms with van der Waals surface area (Å²) in [7, 11) is 1.70. The Balaban J connectivity index is 1.53. The van der Waals surface area contributed by atoms with Crippen LogP contribution in [-0.4, -0.2) is 38.7 Å². The Labute approximate surface area is 177 Å². The van der Waals surface area contributed by atoms with E-state index in [9.17, 15) is 14.0 Å². The van der Waals surface area contributed by atoms with Crippen molar-refractivity contribution in [3.63, 3.8) is 0 Å². The Morgan fingerprint density at radius 1 is 1.33 bits per heavy atom. The molecular weight excluding hydrogens is 407 g/mol. The summed E-state index contributed by atoms with van der Waals surface area (Å²) in [6, 6.07) is 5.58. The van der Waals surface area contributed by atoms with E-state index in [0.29, 0.717) is 35.0 Å². The average molecular weight is 431 g/mol. The standard InChI is InChI=1S/C20H23FN6O2S/c1-4-27-13(2)17(10-23-27)18(28)26(3)11-16-12-30-20(24-16)25-19(29)22-9-14-6-5-7-15(21)8-14/h5-8,10,12H,4,9,11H2,1-3H3,(H2,22,24,25,29). The van der Waals surface area contributed by atoms with Gasteiger partial charge in [-0.15, -0.1) is 11.3 Å². The van der Waals surface area contributed by atoms with Gasteiger partial charge in [0.25, 0.3) is 5.91 Å². The summed E-state index contributed by atoms with van der Waals surface area (Å²) in [5.41, 5.74) is 2.71. The van der Waals surface area contributed by atoms with E-state index in [-0.39, 0.29) is 18.3 Å². The Bertz CT molecular complexity index is 1050. The Kier molecular flexibility index (Phi) is 6.78. The van der Waals surface area contributed by atoms with E-state index in [0.717, 1.165) is 5.69 Å². The maximum atomic E-state index is 13.2. The van der Waals surface area contributed by atoms with Crippen molar-refractivity contribution in [3.05, 3.63) is 64.2 Å². The van der Waals surface area contributed by atoms with Gasteiger partial charge in [0, 0.05) is 31.2 Å². The molecule has 3 rings (SSSR count). The number of thiazole rings is 1. The number of carbonyl (C=O) groups excluding carboxylic acids is 2. The fourth-order valence-electron chi connectivity index (χ4n) is 2.90. The fourth-order valence-corrected chi connectivity index (χ4v) is 3.60. The molecule has 8 nitrogen and oxygen atoms in total. The fraction of sp³-hybridized carbons (Fsp3) is 0.300. The molecule has 0 unspecified atom stereocenters. The number of nitrogens with one attached hydrogen (secondary N) is 2. The SMILES string of the molecule is CCn1ncc(C(=O)N(C)Cc2csc(NC(=O)NCc3cccc(F)c3)n2)c1C. The molecule has 0 radical (unpaired) electrons. The molecule has 2 N–H and O–H groups in total. The largest absolute Gasteiger partial charge is 0.336 e. The molecule has 0 saturated carbocycles. The van der Waals surface area contributed by atoms with Gasteiger partial charge in [-0.1, -0.05) is 12.1 Å². The first kappa shape index (κ1) is 21.4. The number of anilines is 1. The quantitative estimate of drug-likeness (QED) is 0.601. The molecule has 158 valence electrons. The van der Waals surface area contributed by atoms with Crippen LogP contribution in [0.1, 0.15) is 34.2 Å². The second kappa shape index (κ2) is 9.49. The van der Waals surface area contributed by atoms with Gasteiger partial charge in [0.2, 0.25) is 0 Å². The molecule has 10 heteroatoms. The minimum Gasteiger partial charge on any atom is -0.336 e. The smallest absolute Gasteiger partial charge is 0.321 e. The highest BCUT2D eigenvalue weighted by Gasteiger charge is 2.19. The molecule has 0 spiro atoms. The summed E-state index contributed by atoms with van der Waals surface area (Å²) in [5.74, 6) is -0.488. The number of hydrogen-bond acceptors (Lipinski definition) is 5. The molecule has 0 aliphatic rings. The maximum Gasteiger partial charge on any atom is 0.321 e. The third-order valence-corrected chi connectivity index (χ3v) is 5.30. The van der Waals surface area contributed by atoms with Crippen molar-refractivity contribution < 1.29 is 14.0 Å². The first-order valence-corrected chi connectivity index (χ1v) is 10.3. The molecule has 2 aromatic heterocycles. The lowest BCUT2D eigenvalue weighted by molar-refractivity contribution is 0.0782. The van der Waals surface area contributed by atoms with Crippen molar-refractivity contribution in [2.24, 2.45) is 0 Å². The van der Waals surface area contributed by atoms with Gasteiger partial charge in [0.05, 0.1) is 24.0 Å². The molecule has 3 amide bonds.